The van der Waals surface area contributed by atoms with Crippen molar-refractivity contribution in [1.82, 2.24) is 5.32 Å². The fraction of sp³-hybridized carbons (Fsp3) is 0.167. The fourth-order valence-corrected chi connectivity index (χ4v) is 2.74. The van der Waals surface area contributed by atoms with Gasteiger partial charge in [-0.25, -0.2) is 0 Å². The van der Waals surface area contributed by atoms with Crippen molar-refractivity contribution >= 4 is 23.2 Å². The summed E-state index contributed by atoms with van der Waals surface area (Å²) in [7, 11) is 0. The van der Waals surface area contributed by atoms with Gasteiger partial charge in [-0.1, -0.05) is 24.8 Å². The summed E-state index contributed by atoms with van der Waals surface area (Å²) in [6.45, 7) is 6.44. The summed E-state index contributed by atoms with van der Waals surface area (Å²) in [6.07, 6.45) is 1.55. The Morgan fingerprint density at radius 2 is 1.90 bits per heavy atom. The van der Waals surface area contributed by atoms with Gasteiger partial charge in [-0.2, -0.15) is 0 Å². The molecule has 7 heteroatoms. The highest BCUT2D eigenvalue weighted by Crippen LogP contribution is 2.24. The van der Waals surface area contributed by atoms with Crippen molar-refractivity contribution in [3.63, 3.8) is 0 Å². The van der Waals surface area contributed by atoms with Crippen LogP contribution in [0.4, 0.5) is 11.4 Å². The lowest BCUT2D eigenvalue weighted by Gasteiger charge is -2.13. The van der Waals surface area contributed by atoms with Crippen LogP contribution in [-0.2, 0) is 11.3 Å². The highest BCUT2D eigenvalue weighted by atomic mass is 16.5. The predicted molar refractivity (Wildman–Crippen MR) is 120 cm³/mol. The molecule has 0 bridgehead atoms. The monoisotopic (exact) mass is 419 g/mol. The average Bonchev–Trinajstić information content (AvgIpc) is 3.29. The van der Waals surface area contributed by atoms with Crippen molar-refractivity contribution in [3.8, 4) is 5.75 Å². The Balaban J connectivity index is 1.53. The van der Waals surface area contributed by atoms with Crippen LogP contribution in [0.2, 0.25) is 0 Å². The molecule has 2 amide bonds. The van der Waals surface area contributed by atoms with E-state index in [9.17, 15) is 9.59 Å². The second kappa shape index (κ2) is 10.7. The first kappa shape index (κ1) is 21.7. The molecule has 7 nitrogen and oxygen atoms in total. The Hall–Kier alpha value is -4.00. The van der Waals surface area contributed by atoms with Gasteiger partial charge in [-0.15, -0.1) is 0 Å². The molecule has 0 spiro atoms. The van der Waals surface area contributed by atoms with Gasteiger partial charge in [0.1, 0.15) is 18.1 Å². The summed E-state index contributed by atoms with van der Waals surface area (Å²) in [5.41, 5.74) is 2.59. The highest BCUT2D eigenvalue weighted by Gasteiger charge is 2.10. The number of nitrogens with one attached hydrogen (secondary N) is 3. The zero-order valence-corrected chi connectivity index (χ0v) is 17.3. The van der Waals surface area contributed by atoms with Crippen molar-refractivity contribution in [2.24, 2.45) is 0 Å². The smallest absolute Gasteiger partial charge is 0.251 e. The minimum absolute atomic E-state index is 0.0440. The van der Waals surface area contributed by atoms with Gasteiger partial charge in [0.25, 0.3) is 5.91 Å². The maximum absolute atomic E-state index is 12.4. The molecular weight excluding hydrogens is 394 g/mol. The van der Waals surface area contributed by atoms with E-state index >= 15 is 0 Å². The normalized spacial score (nSPS) is 10.2. The number of ether oxygens (including phenoxy) is 1. The summed E-state index contributed by atoms with van der Waals surface area (Å²) in [5.74, 6) is 0.807. The van der Waals surface area contributed by atoms with Gasteiger partial charge >= 0.3 is 0 Å². The molecule has 0 saturated carbocycles. The molecule has 31 heavy (non-hydrogen) atoms. The van der Waals surface area contributed by atoms with E-state index in [1.54, 1.807) is 42.7 Å². The van der Waals surface area contributed by atoms with Crippen molar-refractivity contribution in [1.29, 1.82) is 0 Å². The molecular formula is C24H25N3O4. The van der Waals surface area contributed by atoms with Crippen LogP contribution in [0.1, 0.15) is 23.0 Å². The Bertz CT molecular complexity index is 1040. The van der Waals surface area contributed by atoms with Crippen molar-refractivity contribution in [2.45, 2.75) is 13.5 Å². The van der Waals surface area contributed by atoms with E-state index in [0.717, 1.165) is 5.57 Å². The lowest BCUT2D eigenvalue weighted by Crippen LogP contribution is -2.24. The number of carbonyl (C=O) groups is 2. The van der Waals surface area contributed by atoms with Crippen LogP contribution in [0.5, 0.6) is 5.75 Å². The van der Waals surface area contributed by atoms with Gasteiger partial charge in [0.15, 0.2) is 0 Å². The first-order valence-electron chi connectivity index (χ1n) is 9.82. The van der Waals surface area contributed by atoms with Crippen LogP contribution in [0, 0.1) is 0 Å². The van der Waals surface area contributed by atoms with Crippen LogP contribution in [0.15, 0.2) is 83.5 Å². The number of hydrogen-bond donors (Lipinski definition) is 3. The zero-order valence-electron chi connectivity index (χ0n) is 17.3. The second-order valence-electron chi connectivity index (χ2n) is 6.99. The second-order valence-corrected chi connectivity index (χ2v) is 6.99. The van der Waals surface area contributed by atoms with E-state index in [1.807, 2.05) is 31.2 Å². The number of hydrogen-bond acceptors (Lipinski definition) is 5. The van der Waals surface area contributed by atoms with E-state index in [1.165, 1.54) is 0 Å². The molecule has 0 radical (unpaired) electrons. The van der Waals surface area contributed by atoms with Gasteiger partial charge in [0.05, 0.1) is 25.0 Å². The Kier molecular flexibility index (Phi) is 7.48. The predicted octanol–water partition coefficient (Wildman–Crippen LogP) is 4.22. The summed E-state index contributed by atoms with van der Waals surface area (Å²) >= 11 is 0. The maximum Gasteiger partial charge on any atom is 0.251 e. The van der Waals surface area contributed by atoms with Crippen molar-refractivity contribution < 1.29 is 18.7 Å². The van der Waals surface area contributed by atoms with E-state index < -0.39 is 0 Å². The summed E-state index contributed by atoms with van der Waals surface area (Å²) in [6, 6.07) is 17.7. The lowest BCUT2D eigenvalue weighted by atomic mass is 10.2. The molecule has 0 aliphatic carbocycles. The number of anilines is 2. The number of rotatable bonds is 10. The molecule has 0 unspecified atom stereocenters. The molecule has 1 aromatic heterocycles. The molecule has 0 aliphatic heterocycles. The summed E-state index contributed by atoms with van der Waals surface area (Å²) < 4.78 is 10.9. The van der Waals surface area contributed by atoms with E-state index in [-0.39, 0.29) is 18.4 Å². The molecule has 0 fully saturated rings. The van der Waals surface area contributed by atoms with Crippen molar-refractivity contribution in [3.05, 3.63) is 90.4 Å². The average molecular weight is 419 g/mol. The summed E-state index contributed by atoms with van der Waals surface area (Å²) in [4.78, 5) is 24.7. The third kappa shape index (κ3) is 6.78. The molecule has 3 rings (SSSR count). The fourth-order valence-electron chi connectivity index (χ4n) is 2.74. The van der Waals surface area contributed by atoms with Crippen LogP contribution in [-0.4, -0.2) is 25.0 Å². The summed E-state index contributed by atoms with van der Waals surface area (Å²) in [5, 5.41) is 8.64. The number of benzene rings is 2. The van der Waals surface area contributed by atoms with Crippen molar-refractivity contribution in [2.75, 3.05) is 23.8 Å². The number of carbonyl (C=O) groups excluding carboxylic acids is 2. The topological polar surface area (TPSA) is 92.6 Å². The minimum atomic E-state index is -0.255. The largest absolute Gasteiger partial charge is 0.487 e. The standard InChI is InChI=1S/C24H25N3O4/c1-17(2)16-31-22-11-4-3-10-21(22)25-15-23(28)27-19-8-5-7-18(13-19)24(29)26-14-20-9-6-12-30-20/h3-13,25H,1,14-16H2,2H3,(H,26,29)(H,27,28). The molecule has 2 aromatic carbocycles. The SMILES string of the molecule is C=C(C)COc1ccccc1NCC(=O)Nc1cccc(C(=O)NCc2ccco2)c1. The lowest BCUT2D eigenvalue weighted by molar-refractivity contribution is -0.114. The first-order valence-corrected chi connectivity index (χ1v) is 9.82. The van der Waals surface area contributed by atoms with E-state index in [0.29, 0.717) is 41.6 Å². The Morgan fingerprint density at radius 3 is 2.68 bits per heavy atom. The first-order chi connectivity index (χ1) is 15.0. The van der Waals surface area contributed by atoms with Gasteiger partial charge in [0.2, 0.25) is 5.91 Å². The third-order valence-corrected chi connectivity index (χ3v) is 4.21. The van der Waals surface area contributed by atoms with Gasteiger partial charge in [0, 0.05) is 11.3 Å². The number of amides is 2. The maximum atomic E-state index is 12.4. The van der Waals surface area contributed by atoms with Gasteiger partial charge in [-0.3, -0.25) is 9.59 Å². The highest BCUT2D eigenvalue weighted by molar-refractivity contribution is 5.98. The van der Waals surface area contributed by atoms with E-state index in [2.05, 4.69) is 22.5 Å². The molecule has 3 aromatic rings. The molecule has 0 atom stereocenters. The molecule has 3 N–H and O–H groups in total. The quantitative estimate of drug-likeness (QED) is 0.428. The number of furan rings is 1. The zero-order chi connectivity index (χ0) is 22.1. The van der Waals surface area contributed by atoms with Crippen LogP contribution < -0.4 is 20.7 Å². The van der Waals surface area contributed by atoms with Gasteiger partial charge < -0.3 is 25.1 Å². The van der Waals surface area contributed by atoms with Crippen LogP contribution >= 0.6 is 0 Å². The molecule has 0 saturated heterocycles. The Morgan fingerprint density at radius 1 is 1.06 bits per heavy atom. The van der Waals surface area contributed by atoms with E-state index in [4.69, 9.17) is 9.15 Å². The minimum Gasteiger partial charge on any atom is -0.487 e. The third-order valence-electron chi connectivity index (χ3n) is 4.21. The molecule has 0 aliphatic rings. The Labute approximate surface area is 181 Å². The van der Waals surface area contributed by atoms with Gasteiger partial charge in [-0.05, 0) is 55.0 Å². The van der Waals surface area contributed by atoms with Crippen LogP contribution in [0.25, 0.3) is 0 Å². The number of para-hydroxylation sites is 2. The molecule has 160 valence electrons. The van der Waals surface area contributed by atoms with Crippen LogP contribution in [0.3, 0.4) is 0 Å². The molecule has 1 heterocycles.